The van der Waals surface area contributed by atoms with Gasteiger partial charge in [0.05, 0.1) is 11.0 Å². The first kappa shape index (κ1) is 14.0. The zero-order chi connectivity index (χ0) is 15.0. The molecule has 0 saturated carbocycles. The Morgan fingerprint density at radius 3 is 2.81 bits per heavy atom. The Balaban J connectivity index is 1.92. The maximum Gasteiger partial charge on any atom is 0.323 e. The van der Waals surface area contributed by atoms with Gasteiger partial charge in [-0.15, -0.1) is 0 Å². The molecule has 0 fully saturated rings. The van der Waals surface area contributed by atoms with Crippen LogP contribution in [0.2, 0.25) is 0 Å². The number of nitro groups is 1. The van der Waals surface area contributed by atoms with Crippen LogP contribution in [-0.4, -0.2) is 10.0 Å². The average Bonchev–Trinajstić information content (AvgIpc) is 3.04. The number of thiophene rings is 1. The van der Waals surface area contributed by atoms with E-state index in [9.17, 15) is 15.2 Å². The van der Waals surface area contributed by atoms with Crippen LogP contribution in [0.25, 0.3) is 0 Å². The smallest absolute Gasteiger partial charge is 0.323 e. The van der Waals surface area contributed by atoms with E-state index in [1.54, 1.807) is 6.92 Å². The molecule has 0 spiro atoms. The van der Waals surface area contributed by atoms with Crippen molar-refractivity contribution in [2.24, 2.45) is 0 Å². The summed E-state index contributed by atoms with van der Waals surface area (Å²) in [6.07, 6.45) is 2.51. The lowest BCUT2D eigenvalue weighted by Crippen LogP contribution is -1.90. The number of ether oxygens (including phenoxy) is 1. The number of aliphatic hydroxyl groups is 1. The van der Waals surface area contributed by atoms with Gasteiger partial charge in [-0.1, -0.05) is 17.4 Å². The third-order valence-corrected chi connectivity index (χ3v) is 4.76. The van der Waals surface area contributed by atoms with Gasteiger partial charge in [-0.05, 0) is 49.4 Å². The molecule has 1 aliphatic rings. The highest BCUT2D eigenvalue weighted by Gasteiger charge is 2.23. The van der Waals surface area contributed by atoms with Gasteiger partial charge in [0.1, 0.15) is 5.75 Å². The summed E-state index contributed by atoms with van der Waals surface area (Å²) in [5.41, 5.74) is 2.48. The summed E-state index contributed by atoms with van der Waals surface area (Å²) in [5.74, 6) is 0.609. The lowest BCUT2D eigenvalue weighted by Gasteiger charge is -2.05. The van der Waals surface area contributed by atoms with Crippen molar-refractivity contribution in [1.82, 2.24) is 0 Å². The van der Waals surface area contributed by atoms with Crippen LogP contribution < -0.4 is 4.74 Å². The van der Waals surface area contributed by atoms with E-state index in [4.69, 9.17) is 4.74 Å². The number of rotatable bonds is 4. The average molecular weight is 305 g/mol. The third-order valence-electron chi connectivity index (χ3n) is 3.59. The SMILES string of the molecule is C[C@H](O)c1cc([N+](=O)[O-])c(Oc2ccc3c(c2)CCC3)s1. The van der Waals surface area contributed by atoms with E-state index in [-0.39, 0.29) is 10.8 Å². The normalized spacial score (nSPS) is 14.8. The molecule has 1 atom stereocenters. The Bertz CT molecular complexity index is 693. The standard InChI is InChI=1S/C15H15NO4S/c1-9(17)14-8-13(16(18)19)15(21-14)20-12-6-5-10-3-2-4-11(10)7-12/h5-9,17H,2-4H2,1H3/t9-/m0/s1. The molecule has 0 aliphatic heterocycles. The van der Waals surface area contributed by atoms with Crippen molar-refractivity contribution >= 4 is 17.0 Å². The van der Waals surface area contributed by atoms with Gasteiger partial charge in [0, 0.05) is 10.9 Å². The summed E-state index contributed by atoms with van der Waals surface area (Å²) in [5, 5.41) is 20.9. The van der Waals surface area contributed by atoms with E-state index in [2.05, 4.69) is 0 Å². The summed E-state index contributed by atoms with van der Waals surface area (Å²) in [6, 6.07) is 7.19. The number of hydrogen-bond acceptors (Lipinski definition) is 5. The van der Waals surface area contributed by atoms with Crippen LogP contribution in [-0.2, 0) is 12.8 Å². The first-order valence-corrected chi connectivity index (χ1v) is 7.62. The quantitative estimate of drug-likeness (QED) is 0.684. The molecular formula is C15H15NO4S. The fourth-order valence-electron chi connectivity index (χ4n) is 2.51. The van der Waals surface area contributed by atoms with Crippen molar-refractivity contribution in [3.63, 3.8) is 0 Å². The summed E-state index contributed by atoms with van der Waals surface area (Å²) >= 11 is 1.11. The van der Waals surface area contributed by atoms with Crippen LogP contribution in [0, 0.1) is 10.1 Å². The van der Waals surface area contributed by atoms with Crippen molar-refractivity contribution in [2.45, 2.75) is 32.3 Å². The lowest BCUT2D eigenvalue weighted by atomic mass is 10.1. The summed E-state index contributed by atoms with van der Waals surface area (Å²) in [4.78, 5) is 11.1. The fourth-order valence-corrected chi connectivity index (χ4v) is 3.44. The first-order chi connectivity index (χ1) is 10.0. The Labute approximate surface area is 126 Å². The summed E-state index contributed by atoms with van der Waals surface area (Å²) < 4.78 is 5.69. The number of aryl methyl sites for hydroxylation is 2. The van der Waals surface area contributed by atoms with Crippen molar-refractivity contribution in [3.05, 3.63) is 50.4 Å². The molecule has 110 valence electrons. The molecule has 21 heavy (non-hydrogen) atoms. The lowest BCUT2D eigenvalue weighted by molar-refractivity contribution is -0.385. The van der Waals surface area contributed by atoms with Crippen molar-refractivity contribution in [3.8, 4) is 10.8 Å². The van der Waals surface area contributed by atoms with Crippen LogP contribution in [0.1, 0.15) is 35.5 Å². The predicted molar refractivity (Wildman–Crippen MR) is 80.1 cm³/mol. The minimum Gasteiger partial charge on any atom is -0.440 e. The summed E-state index contributed by atoms with van der Waals surface area (Å²) in [7, 11) is 0. The molecule has 6 heteroatoms. The van der Waals surface area contributed by atoms with Crippen LogP contribution in [0.5, 0.6) is 10.8 Å². The number of fused-ring (bicyclic) bond motifs is 1. The summed E-state index contributed by atoms with van der Waals surface area (Å²) in [6.45, 7) is 1.58. The molecule has 0 amide bonds. The number of hydrogen-bond donors (Lipinski definition) is 1. The molecular weight excluding hydrogens is 290 g/mol. The molecule has 1 N–H and O–H groups in total. The topological polar surface area (TPSA) is 72.6 Å². The molecule has 1 heterocycles. The Kier molecular flexibility index (Phi) is 3.65. The highest BCUT2D eigenvalue weighted by Crippen LogP contribution is 2.42. The van der Waals surface area contributed by atoms with Crippen molar-refractivity contribution < 1.29 is 14.8 Å². The van der Waals surface area contributed by atoms with Gasteiger partial charge in [0.2, 0.25) is 0 Å². The molecule has 3 rings (SSSR count). The number of nitrogens with zero attached hydrogens (tertiary/aromatic N) is 1. The number of benzene rings is 1. The van der Waals surface area contributed by atoms with Gasteiger partial charge in [0.25, 0.3) is 5.06 Å². The van der Waals surface area contributed by atoms with Crippen LogP contribution in [0.15, 0.2) is 24.3 Å². The molecule has 0 bridgehead atoms. The van der Waals surface area contributed by atoms with Gasteiger partial charge in [0.15, 0.2) is 0 Å². The van der Waals surface area contributed by atoms with E-state index in [1.165, 1.54) is 17.2 Å². The maximum atomic E-state index is 11.1. The zero-order valence-electron chi connectivity index (χ0n) is 11.5. The van der Waals surface area contributed by atoms with Crippen LogP contribution in [0.3, 0.4) is 0 Å². The molecule has 0 unspecified atom stereocenters. The van der Waals surface area contributed by atoms with E-state index < -0.39 is 11.0 Å². The first-order valence-electron chi connectivity index (χ1n) is 6.80. The van der Waals surface area contributed by atoms with Crippen molar-refractivity contribution in [2.75, 3.05) is 0 Å². The van der Waals surface area contributed by atoms with Crippen molar-refractivity contribution in [1.29, 1.82) is 0 Å². The van der Waals surface area contributed by atoms with Crippen LogP contribution >= 0.6 is 11.3 Å². The van der Waals surface area contributed by atoms with E-state index >= 15 is 0 Å². The van der Waals surface area contributed by atoms with Gasteiger partial charge < -0.3 is 9.84 Å². The molecule has 1 aliphatic carbocycles. The third kappa shape index (κ3) is 2.77. The molecule has 1 aromatic heterocycles. The van der Waals surface area contributed by atoms with Gasteiger partial charge in [-0.25, -0.2) is 0 Å². The van der Waals surface area contributed by atoms with Gasteiger partial charge >= 0.3 is 5.69 Å². The minimum absolute atomic E-state index is 0.101. The monoisotopic (exact) mass is 305 g/mol. The highest BCUT2D eigenvalue weighted by molar-refractivity contribution is 7.14. The van der Waals surface area contributed by atoms with Crippen LogP contribution in [0.4, 0.5) is 5.69 Å². The molecule has 2 aromatic rings. The van der Waals surface area contributed by atoms with E-state index in [1.807, 2.05) is 18.2 Å². The maximum absolute atomic E-state index is 11.1. The largest absolute Gasteiger partial charge is 0.440 e. The van der Waals surface area contributed by atoms with E-state index in [0.29, 0.717) is 10.6 Å². The second kappa shape index (κ2) is 5.46. The number of aliphatic hydroxyl groups excluding tert-OH is 1. The Morgan fingerprint density at radius 2 is 2.10 bits per heavy atom. The zero-order valence-corrected chi connectivity index (χ0v) is 12.4. The predicted octanol–water partition coefficient (Wildman–Crippen LogP) is 3.99. The van der Waals surface area contributed by atoms with Gasteiger partial charge in [-0.2, -0.15) is 0 Å². The highest BCUT2D eigenvalue weighted by atomic mass is 32.1. The molecule has 0 saturated heterocycles. The van der Waals surface area contributed by atoms with Gasteiger partial charge in [-0.3, -0.25) is 10.1 Å². The minimum atomic E-state index is -0.744. The van der Waals surface area contributed by atoms with E-state index in [0.717, 1.165) is 30.6 Å². The molecule has 0 radical (unpaired) electrons. The Morgan fingerprint density at radius 1 is 1.33 bits per heavy atom. The fraction of sp³-hybridized carbons (Fsp3) is 0.333. The second-order valence-electron chi connectivity index (χ2n) is 5.14. The second-order valence-corrected chi connectivity index (χ2v) is 6.19. The Hall–Kier alpha value is -1.92. The molecule has 5 nitrogen and oxygen atoms in total. The molecule has 1 aromatic carbocycles.